The van der Waals surface area contributed by atoms with Gasteiger partial charge in [-0.25, -0.2) is 4.98 Å². The number of hydrogen-bond donors (Lipinski definition) is 2. The molecule has 0 bridgehead atoms. The summed E-state index contributed by atoms with van der Waals surface area (Å²) in [5, 5.41) is 25.2. The van der Waals surface area contributed by atoms with Crippen molar-refractivity contribution in [1.82, 2.24) is 10.3 Å². The summed E-state index contributed by atoms with van der Waals surface area (Å²) >= 11 is 0. The standard InChI is InChI=1S/C13H17N5O3/c1-8(12(19)17-13(2,3)4)15-11-6-5-10(18(20)21)9(7-14)16-11/h5-6,8H,1-4H3,(H,15,16)(H,17,19). The molecule has 0 saturated carbocycles. The van der Waals surface area contributed by atoms with Crippen molar-refractivity contribution in [2.24, 2.45) is 0 Å². The summed E-state index contributed by atoms with van der Waals surface area (Å²) in [7, 11) is 0. The highest BCUT2D eigenvalue weighted by Gasteiger charge is 2.21. The number of nitrogens with zero attached hydrogens (tertiary/aromatic N) is 3. The van der Waals surface area contributed by atoms with Gasteiger partial charge in [-0.05, 0) is 33.8 Å². The summed E-state index contributed by atoms with van der Waals surface area (Å²) in [6.45, 7) is 7.21. The highest BCUT2D eigenvalue weighted by Crippen LogP contribution is 2.18. The van der Waals surface area contributed by atoms with E-state index in [1.54, 1.807) is 13.0 Å². The van der Waals surface area contributed by atoms with Gasteiger partial charge in [-0.3, -0.25) is 14.9 Å². The minimum absolute atomic E-state index is 0.230. The molecule has 21 heavy (non-hydrogen) atoms. The molecule has 0 aliphatic rings. The number of anilines is 1. The molecule has 0 aliphatic heterocycles. The fourth-order valence-corrected chi connectivity index (χ4v) is 1.53. The monoisotopic (exact) mass is 291 g/mol. The van der Waals surface area contributed by atoms with Gasteiger partial charge in [0.05, 0.1) is 4.92 Å². The molecule has 2 N–H and O–H groups in total. The molecule has 1 amide bonds. The van der Waals surface area contributed by atoms with E-state index < -0.39 is 11.0 Å². The fourth-order valence-electron chi connectivity index (χ4n) is 1.53. The van der Waals surface area contributed by atoms with Gasteiger partial charge >= 0.3 is 5.69 Å². The summed E-state index contributed by atoms with van der Waals surface area (Å²) < 4.78 is 0. The van der Waals surface area contributed by atoms with Crippen LogP contribution in [0.25, 0.3) is 0 Å². The summed E-state index contributed by atoms with van der Waals surface area (Å²) in [6, 6.07) is 3.62. The summed E-state index contributed by atoms with van der Waals surface area (Å²) in [5.74, 6) is -0.00475. The summed E-state index contributed by atoms with van der Waals surface area (Å²) in [4.78, 5) is 25.8. The lowest BCUT2D eigenvalue weighted by molar-refractivity contribution is -0.385. The first-order chi connectivity index (χ1) is 9.64. The predicted molar refractivity (Wildman–Crippen MR) is 76.6 cm³/mol. The smallest absolute Gasteiger partial charge is 0.305 e. The van der Waals surface area contributed by atoms with Gasteiger partial charge in [0.2, 0.25) is 11.6 Å². The molecule has 1 atom stereocenters. The van der Waals surface area contributed by atoms with Crippen LogP contribution in [0.15, 0.2) is 12.1 Å². The van der Waals surface area contributed by atoms with Crippen LogP contribution in [0.1, 0.15) is 33.4 Å². The largest absolute Gasteiger partial charge is 0.359 e. The minimum atomic E-state index is -0.676. The Kier molecular flexibility index (Phi) is 4.81. The van der Waals surface area contributed by atoms with E-state index in [1.165, 1.54) is 12.1 Å². The maximum atomic E-state index is 11.9. The van der Waals surface area contributed by atoms with Gasteiger partial charge in [-0.2, -0.15) is 5.26 Å². The topological polar surface area (TPSA) is 121 Å². The summed E-state index contributed by atoms with van der Waals surface area (Å²) in [6.07, 6.45) is 0. The minimum Gasteiger partial charge on any atom is -0.359 e. The third kappa shape index (κ3) is 4.72. The molecule has 0 aliphatic carbocycles. The first-order valence-corrected chi connectivity index (χ1v) is 6.28. The maximum absolute atomic E-state index is 11.9. The van der Waals surface area contributed by atoms with Crippen molar-refractivity contribution in [3.05, 3.63) is 27.9 Å². The van der Waals surface area contributed by atoms with Crippen LogP contribution < -0.4 is 10.6 Å². The lowest BCUT2D eigenvalue weighted by Crippen LogP contribution is -2.47. The van der Waals surface area contributed by atoms with Gasteiger partial charge in [0, 0.05) is 11.6 Å². The van der Waals surface area contributed by atoms with Crippen LogP contribution in [-0.4, -0.2) is 27.4 Å². The SMILES string of the molecule is CC(Nc1ccc([N+](=O)[O-])c(C#N)n1)C(=O)NC(C)(C)C. The average molecular weight is 291 g/mol. The third-order valence-electron chi connectivity index (χ3n) is 2.43. The number of nitrogens with one attached hydrogen (secondary N) is 2. The summed E-state index contributed by atoms with van der Waals surface area (Å²) in [5.41, 5.74) is -1.03. The van der Waals surface area contributed by atoms with Gasteiger partial charge in [0.15, 0.2) is 0 Å². The highest BCUT2D eigenvalue weighted by atomic mass is 16.6. The van der Waals surface area contributed by atoms with E-state index in [0.29, 0.717) is 0 Å². The average Bonchev–Trinajstić information content (AvgIpc) is 2.36. The van der Waals surface area contributed by atoms with Crippen LogP contribution in [0.4, 0.5) is 11.5 Å². The second-order valence-electron chi connectivity index (χ2n) is 5.54. The van der Waals surface area contributed by atoms with Crippen LogP contribution in [-0.2, 0) is 4.79 Å². The lowest BCUT2D eigenvalue weighted by atomic mass is 10.1. The third-order valence-corrected chi connectivity index (χ3v) is 2.43. The number of aromatic nitrogens is 1. The first-order valence-electron chi connectivity index (χ1n) is 6.28. The highest BCUT2D eigenvalue weighted by molar-refractivity contribution is 5.84. The van der Waals surface area contributed by atoms with Crippen molar-refractivity contribution in [1.29, 1.82) is 5.26 Å². The number of nitro groups is 1. The van der Waals surface area contributed by atoms with E-state index >= 15 is 0 Å². The quantitative estimate of drug-likeness (QED) is 0.641. The number of rotatable bonds is 4. The lowest BCUT2D eigenvalue weighted by Gasteiger charge is -2.23. The zero-order valence-electron chi connectivity index (χ0n) is 12.3. The van der Waals surface area contributed by atoms with Crippen LogP contribution in [0.5, 0.6) is 0 Å². The zero-order valence-corrected chi connectivity index (χ0v) is 12.3. The zero-order chi connectivity index (χ0) is 16.2. The Morgan fingerprint density at radius 1 is 1.48 bits per heavy atom. The molecule has 0 saturated heterocycles. The Labute approximate surface area is 122 Å². The van der Waals surface area contributed by atoms with Crippen LogP contribution in [0.3, 0.4) is 0 Å². The van der Waals surface area contributed by atoms with E-state index in [2.05, 4.69) is 15.6 Å². The molecule has 8 heteroatoms. The Morgan fingerprint density at radius 3 is 2.57 bits per heavy atom. The van der Waals surface area contributed by atoms with Crippen molar-refractivity contribution in [2.45, 2.75) is 39.3 Å². The molecule has 8 nitrogen and oxygen atoms in total. The number of amides is 1. The second kappa shape index (κ2) is 6.17. The molecular weight excluding hydrogens is 274 g/mol. The molecule has 1 aromatic heterocycles. The van der Waals surface area contributed by atoms with E-state index in [-0.39, 0.29) is 28.6 Å². The van der Waals surface area contributed by atoms with Gasteiger partial charge in [-0.15, -0.1) is 0 Å². The van der Waals surface area contributed by atoms with Crippen molar-refractivity contribution in [3.8, 4) is 6.07 Å². The maximum Gasteiger partial charge on any atom is 0.305 e. The van der Waals surface area contributed by atoms with Crippen molar-refractivity contribution in [2.75, 3.05) is 5.32 Å². The molecule has 1 unspecified atom stereocenters. The second-order valence-corrected chi connectivity index (χ2v) is 5.54. The Hall–Kier alpha value is -2.69. The number of carbonyl (C=O) groups is 1. The molecule has 1 heterocycles. The van der Waals surface area contributed by atoms with Gasteiger partial charge in [0.25, 0.3) is 0 Å². The van der Waals surface area contributed by atoms with Crippen LogP contribution >= 0.6 is 0 Å². The van der Waals surface area contributed by atoms with Crippen molar-refractivity contribution in [3.63, 3.8) is 0 Å². The van der Waals surface area contributed by atoms with Gasteiger partial charge < -0.3 is 10.6 Å². The van der Waals surface area contributed by atoms with E-state index in [4.69, 9.17) is 5.26 Å². The number of pyridine rings is 1. The Morgan fingerprint density at radius 2 is 2.10 bits per heavy atom. The number of carbonyl (C=O) groups excluding carboxylic acids is 1. The van der Waals surface area contributed by atoms with Gasteiger partial charge in [0.1, 0.15) is 17.9 Å². The molecule has 1 rings (SSSR count). The molecule has 0 fully saturated rings. The fraction of sp³-hybridized carbons (Fsp3) is 0.462. The van der Waals surface area contributed by atoms with Crippen LogP contribution in [0, 0.1) is 21.4 Å². The number of hydrogen-bond acceptors (Lipinski definition) is 6. The molecule has 0 spiro atoms. The number of nitriles is 1. The first kappa shape index (κ1) is 16.4. The Bertz CT molecular complexity index is 601. The van der Waals surface area contributed by atoms with E-state index in [9.17, 15) is 14.9 Å². The molecular formula is C13H17N5O3. The Balaban J connectivity index is 2.87. The molecule has 112 valence electrons. The van der Waals surface area contributed by atoms with E-state index in [1.807, 2.05) is 20.8 Å². The molecule has 0 aromatic carbocycles. The predicted octanol–water partition coefficient (Wildman–Crippen LogP) is 1.58. The van der Waals surface area contributed by atoms with Crippen molar-refractivity contribution < 1.29 is 9.72 Å². The van der Waals surface area contributed by atoms with E-state index in [0.717, 1.165) is 0 Å². The van der Waals surface area contributed by atoms with Gasteiger partial charge in [-0.1, -0.05) is 0 Å². The molecule has 1 aromatic rings. The van der Waals surface area contributed by atoms with Crippen LogP contribution in [0.2, 0.25) is 0 Å². The normalized spacial score (nSPS) is 12.1. The van der Waals surface area contributed by atoms with Crippen molar-refractivity contribution >= 4 is 17.4 Å². The molecule has 0 radical (unpaired) electrons.